The zero-order chi connectivity index (χ0) is 45.9. The first-order valence-electron chi connectivity index (χ1n) is 19.8. The van der Waals surface area contributed by atoms with Crippen LogP contribution < -0.4 is 10.6 Å². The Kier molecular flexibility index (Phi) is 18.3. The number of amides is 2. The molecule has 0 fully saturated rings. The number of phenolic OH excluding ortho intramolecular Hbond substituents is 1. The Morgan fingerprint density at radius 2 is 1.52 bits per heavy atom. The molecule has 0 saturated carbocycles. The third-order valence-electron chi connectivity index (χ3n) is 10.4. The molecule has 7 unspecified atom stereocenters. The molecule has 0 aromatic heterocycles. The van der Waals surface area contributed by atoms with Crippen LogP contribution in [-0.2, 0) is 23.9 Å². The molecular formula is C46H56N2O12S. The van der Waals surface area contributed by atoms with Gasteiger partial charge in [-0.1, -0.05) is 75.5 Å². The Morgan fingerprint density at radius 1 is 0.852 bits per heavy atom. The minimum atomic E-state index is -1.29. The van der Waals surface area contributed by atoms with Crippen LogP contribution in [0.1, 0.15) is 97.9 Å². The number of methoxy groups -OCH3 is 1. The van der Waals surface area contributed by atoms with E-state index in [1.54, 1.807) is 58.1 Å². The zero-order valence-electron chi connectivity index (χ0n) is 35.9. The molecule has 2 amide bonds. The van der Waals surface area contributed by atoms with Crippen molar-refractivity contribution in [1.29, 1.82) is 0 Å². The summed E-state index contributed by atoms with van der Waals surface area (Å²) in [5.74, 6) is -7.66. The number of benzene rings is 1. The van der Waals surface area contributed by atoms with E-state index in [2.05, 4.69) is 10.6 Å². The first kappa shape index (κ1) is 49.9. The van der Waals surface area contributed by atoms with Gasteiger partial charge in [-0.05, 0) is 56.9 Å². The highest BCUT2D eigenvalue weighted by Crippen LogP contribution is 2.40. The Labute approximate surface area is 360 Å². The van der Waals surface area contributed by atoms with Crippen LogP contribution in [0.2, 0.25) is 0 Å². The van der Waals surface area contributed by atoms with Crippen LogP contribution in [-0.4, -0.2) is 98.6 Å². The number of allylic oxidation sites excluding steroid dienone is 8. The molecule has 61 heavy (non-hydrogen) atoms. The van der Waals surface area contributed by atoms with Crippen LogP contribution in [0.25, 0.3) is 0 Å². The largest absolute Gasteiger partial charge is 0.507 e. The number of carbonyl (C=O) groups is 7. The number of hydrogen-bond acceptors (Lipinski definition) is 13. The number of aromatic hydroxyl groups is 1. The average molecular weight is 861 g/mol. The van der Waals surface area contributed by atoms with Crippen molar-refractivity contribution in [3.63, 3.8) is 0 Å². The number of aliphatic hydroxyl groups excluding tert-OH is 3. The summed E-state index contributed by atoms with van der Waals surface area (Å²) in [5, 5.41) is 48.8. The van der Waals surface area contributed by atoms with E-state index in [0.29, 0.717) is 17.3 Å². The molecule has 14 nitrogen and oxygen atoms in total. The van der Waals surface area contributed by atoms with Crippen molar-refractivity contribution in [3.8, 4) is 5.75 Å². The van der Waals surface area contributed by atoms with Crippen LogP contribution in [0.3, 0.4) is 0 Å². The molecule has 328 valence electrons. The number of ether oxygens (including phenoxy) is 1. The summed E-state index contributed by atoms with van der Waals surface area (Å²) in [4.78, 5) is 93.8. The van der Waals surface area contributed by atoms with Gasteiger partial charge in [-0.3, -0.25) is 28.8 Å². The third kappa shape index (κ3) is 13.0. The molecule has 2 heterocycles. The minimum Gasteiger partial charge on any atom is -0.507 e. The lowest BCUT2D eigenvalue weighted by atomic mass is 9.83. The van der Waals surface area contributed by atoms with Gasteiger partial charge in [-0.15, -0.1) is 11.8 Å². The van der Waals surface area contributed by atoms with Crippen LogP contribution in [0.15, 0.2) is 88.1 Å². The summed E-state index contributed by atoms with van der Waals surface area (Å²) in [6, 6.07) is -0.0499. The number of hydrogen-bond donors (Lipinski definition) is 6. The van der Waals surface area contributed by atoms with Crippen LogP contribution in [0, 0.1) is 24.7 Å². The Hall–Kier alpha value is -5.48. The van der Waals surface area contributed by atoms with Crippen molar-refractivity contribution >= 4 is 52.7 Å². The maximum atomic E-state index is 14.6. The summed E-state index contributed by atoms with van der Waals surface area (Å²) in [6.45, 7) is 12.2. The maximum absolute atomic E-state index is 14.6. The number of carbonyl (C=O) groups excluding carboxylic acids is 7. The van der Waals surface area contributed by atoms with Crippen LogP contribution in [0.4, 0.5) is 0 Å². The number of esters is 1. The van der Waals surface area contributed by atoms with Crippen molar-refractivity contribution in [3.05, 3.63) is 110 Å². The van der Waals surface area contributed by atoms with Gasteiger partial charge in [-0.25, -0.2) is 4.79 Å². The number of ketones is 4. The zero-order valence-corrected chi connectivity index (χ0v) is 36.7. The Balaban J connectivity index is 2.23. The van der Waals surface area contributed by atoms with Crippen molar-refractivity contribution in [2.75, 3.05) is 12.9 Å². The van der Waals surface area contributed by atoms with Gasteiger partial charge in [0.1, 0.15) is 17.5 Å². The molecule has 0 radical (unpaired) electrons. The molecule has 0 spiro atoms. The molecular weight excluding hydrogens is 805 g/mol. The van der Waals surface area contributed by atoms with Gasteiger partial charge in [0.15, 0.2) is 11.6 Å². The van der Waals surface area contributed by atoms with Crippen molar-refractivity contribution in [2.45, 2.75) is 92.6 Å². The fraction of sp³-hybridized carbons (Fsp3) is 0.413. The van der Waals surface area contributed by atoms with Gasteiger partial charge in [0.25, 0.3) is 5.91 Å². The summed E-state index contributed by atoms with van der Waals surface area (Å²) in [5.41, 5.74) is -1.05. The lowest BCUT2D eigenvalue weighted by molar-refractivity contribution is -0.144. The lowest BCUT2D eigenvalue weighted by Gasteiger charge is -2.25. The number of fused-ring (bicyclic) bond motifs is 18. The number of aryl methyl sites for hydroxylation is 1. The molecule has 15 heteroatoms. The minimum absolute atomic E-state index is 0.0252. The second kappa shape index (κ2) is 22.4. The standard InChI is InChI=1S/C46H56N2O12S/c1-23-13-11-10-12-14-26(4)45(58)48-38-42(56)32-20-29(7)41(55)37(36(32)43(57)44(38)61-22-33(46(59)60-9)47-30(8)49)40(54)28(6)19-27(5)39(53)25(3)16-18-31(50)17-15-24(2)35(52)21-34(23)51/h10-16,18-20,23,25,27,31,33-34,39,50-51,53,55H,17,21-22H2,1-9H3,(H,47,49)(H,48,58). The molecule has 4 bridgehead atoms. The van der Waals surface area contributed by atoms with E-state index in [0.717, 1.165) is 7.11 Å². The Morgan fingerprint density at radius 3 is 2.16 bits per heavy atom. The predicted molar refractivity (Wildman–Crippen MR) is 232 cm³/mol. The van der Waals surface area contributed by atoms with Gasteiger partial charge in [0.05, 0.1) is 35.9 Å². The maximum Gasteiger partial charge on any atom is 0.329 e. The molecule has 2 aliphatic heterocycles. The number of rotatable bonds is 5. The van der Waals surface area contributed by atoms with Crippen molar-refractivity contribution in [1.82, 2.24) is 10.6 Å². The summed E-state index contributed by atoms with van der Waals surface area (Å²) in [6.07, 6.45) is 10.9. The second-order valence-electron chi connectivity index (χ2n) is 15.4. The molecule has 7 atom stereocenters. The van der Waals surface area contributed by atoms with Crippen molar-refractivity contribution in [2.24, 2.45) is 17.8 Å². The first-order chi connectivity index (χ1) is 28.6. The van der Waals surface area contributed by atoms with Gasteiger partial charge < -0.3 is 35.8 Å². The number of phenols is 1. The number of thioether (sulfide) groups is 1. The topological polar surface area (TPSA) is 234 Å². The number of Topliss-reactive ketones (excluding diaryl/α,β-unsaturated/α-hetero) is 4. The fourth-order valence-corrected chi connectivity index (χ4v) is 7.56. The van der Waals surface area contributed by atoms with Gasteiger partial charge >= 0.3 is 5.97 Å². The third-order valence-corrected chi connectivity index (χ3v) is 11.6. The second-order valence-corrected chi connectivity index (χ2v) is 16.4. The molecule has 3 aliphatic rings. The quantitative estimate of drug-likeness (QED) is 0.172. The molecule has 0 saturated heterocycles. The highest BCUT2D eigenvalue weighted by molar-refractivity contribution is 8.04. The SMILES string of the molecule is COC(=O)C(CSC1=C2NC(=O)C(C)=CC=CC=CC(C)C(O)CC(=O)C(C)=CCC(O)C=CC(C)C(O)C(C)C=C(C)C(=O)c3c(O)c(C)cc(c3C1=O)C2=O)NC(C)=O. The highest BCUT2D eigenvalue weighted by Gasteiger charge is 2.40. The molecule has 4 rings (SSSR count). The molecule has 1 aromatic carbocycles. The van der Waals surface area contributed by atoms with E-state index in [4.69, 9.17) is 4.74 Å². The van der Waals surface area contributed by atoms with E-state index in [-0.39, 0.29) is 51.6 Å². The average Bonchev–Trinajstić information content (AvgIpc) is 3.21. The number of aliphatic hydroxyl groups is 3. The van der Waals surface area contributed by atoms with Crippen molar-refractivity contribution < 1.29 is 58.7 Å². The summed E-state index contributed by atoms with van der Waals surface area (Å²) >= 11 is 0.657. The van der Waals surface area contributed by atoms with Crippen LogP contribution >= 0.6 is 11.8 Å². The summed E-state index contributed by atoms with van der Waals surface area (Å²) in [7, 11) is 1.10. The van der Waals surface area contributed by atoms with E-state index in [1.165, 1.54) is 58.1 Å². The highest BCUT2D eigenvalue weighted by atomic mass is 32.2. The van der Waals surface area contributed by atoms with E-state index in [9.17, 15) is 54.0 Å². The Bertz CT molecular complexity index is 2160. The van der Waals surface area contributed by atoms with E-state index >= 15 is 0 Å². The smallest absolute Gasteiger partial charge is 0.329 e. The fourth-order valence-electron chi connectivity index (χ4n) is 6.49. The van der Waals surface area contributed by atoms with Gasteiger partial charge in [0, 0.05) is 53.6 Å². The van der Waals surface area contributed by atoms with Crippen LogP contribution in [0.5, 0.6) is 5.75 Å². The predicted octanol–water partition coefficient (Wildman–Crippen LogP) is 4.86. The monoisotopic (exact) mass is 860 g/mol. The normalized spacial score (nSPS) is 24.5. The van der Waals surface area contributed by atoms with Gasteiger partial charge in [0.2, 0.25) is 17.5 Å². The molecule has 1 aliphatic carbocycles. The first-order valence-corrected chi connectivity index (χ1v) is 20.8. The molecule has 6 N–H and O–H groups in total. The number of nitrogens with one attached hydrogen (secondary N) is 2. The van der Waals surface area contributed by atoms with E-state index in [1.807, 2.05) is 0 Å². The van der Waals surface area contributed by atoms with E-state index < -0.39 is 99.8 Å². The summed E-state index contributed by atoms with van der Waals surface area (Å²) < 4.78 is 4.81. The van der Waals surface area contributed by atoms with Gasteiger partial charge in [-0.2, -0.15) is 0 Å². The molecule has 1 aromatic rings. The lowest BCUT2D eigenvalue weighted by Crippen LogP contribution is -2.42.